The highest BCUT2D eigenvalue weighted by Gasteiger charge is 2.16. The number of rotatable bonds is 1. The highest BCUT2D eigenvalue weighted by atomic mass is 16.4. The summed E-state index contributed by atoms with van der Waals surface area (Å²) in [4.78, 5) is 10.2. The second-order valence-corrected chi connectivity index (χ2v) is 4.28. The Kier molecular flexibility index (Phi) is 4.99. The lowest BCUT2D eigenvalue weighted by Gasteiger charge is -2.03. The van der Waals surface area contributed by atoms with Gasteiger partial charge in [-0.2, -0.15) is 0 Å². The number of hydrogen-bond acceptors (Lipinski definition) is 2. The molecule has 3 nitrogen and oxygen atoms in total. The van der Waals surface area contributed by atoms with Crippen LogP contribution in [-0.4, -0.2) is 24.2 Å². The first-order valence-electron chi connectivity index (χ1n) is 5.60. The molecule has 1 heterocycles. The van der Waals surface area contributed by atoms with Crippen LogP contribution in [-0.2, 0) is 0 Å². The first kappa shape index (κ1) is 12.7. The molecule has 0 bridgehead atoms. The van der Waals surface area contributed by atoms with Crippen LogP contribution >= 0.6 is 0 Å². The summed E-state index contributed by atoms with van der Waals surface area (Å²) in [7, 11) is 0. The van der Waals surface area contributed by atoms with E-state index in [0.717, 1.165) is 11.8 Å². The van der Waals surface area contributed by atoms with E-state index in [4.69, 9.17) is 5.11 Å². The maximum absolute atomic E-state index is 10.2. The maximum Gasteiger partial charge on any atom is 0.335 e. The quantitative estimate of drug-likeness (QED) is 0.764. The van der Waals surface area contributed by atoms with Gasteiger partial charge in [0.25, 0.3) is 0 Å². The SMILES string of the molecule is CC1CNCC1C.O=C(O)c1ccccc1. The number of carbonyl (C=O) groups is 1. The van der Waals surface area contributed by atoms with Crippen LogP contribution in [0.1, 0.15) is 24.2 Å². The summed E-state index contributed by atoms with van der Waals surface area (Å²) in [6.07, 6.45) is 0. The summed E-state index contributed by atoms with van der Waals surface area (Å²) < 4.78 is 0. The molecule has 2 N–H and O–H groups in total. The minimum absolute atomic E-state index is 0.331. The van der Waals surface area contributed by atoms with Crippen LogP contribution in [0.2, 0.25) is 0 Å². The number of nitrogens with one attached hydrogen (secondary N) is 1. The Morgan fingerprint density at radius 1 is 1.19 bits per heavy atom. The Balaban J connectivity index is 0.000000165. The fourth-order valence-electron chi connectivity index (χ4n) is 1.52. The molecule has 2 unspecified atom stereocenters. The molecule has 1 aromatic carbocycles. The maximum atomic E-state index is 10.2. The third-order valence-corrected chi connectivity index (χ3v) is 2.92. The van der Waals surface area contributed by atoms with Gasteiger partial charge in [-0.1, -0.05) is 32.0 Å². The van der Waals surface area contributed by atoms with Gasteiger partial charge in [0.2, 0.25) is 0 Å². The molecule has 1 aromatic rings. The predicted octanol–water partition coefficient (Wildman–Crippen LogP) is 2.25. The van der Waals surface area contributed by atoms with Crippen molar-refractivity contribution in [2.45, 2.75) is 13.8 Å². The predicted molar refractivity (Wildman–Crippen MR) is 64.6 cm³/mol. The minimum Gasteiger partial charge on any atom is -0.478 e. The lowest BCUT2D eigenvalue weighted by Crippen LogP contribution is -2.06. The molecule has 0 spiro atoms. The standard InChI is InChI=1S/C7H6O2.C6H13N/c8-7(9)6-4-2-1-3-5-6;1-5-3-7-4-6(5)2/h1-5H,(H,8,9);5-7H,3-4H2,1-2H3. The van der Waals surface area contributed by atoms with E-state index in [-0.39, 0.29) is 0 Å². The summed E-state index contributed by atoms with van der Waals surface area (Å²) in [5, 5.41) is 11.7. The van der Waals surface area contributed by atoms with E-state index in [1.165, 1.54) is 13.1 Å². The molecule has 2 rings (SSSR count). The van der Waals surface area contributed by atoms with Crippen LogP contribution in [0.15, 0.2) is 30.3 Å². The van der Waals surface area contributed by atoms with E-state index in [1.54, 1.807) is 30.3 Å². The smallest absolute Gasteiger partial charge is 0.335 e. The van der Waals surface area contributed by atoms with E-state index in [9.17, 15) is 4.79 Å². The molecule has 0 aliphatic carbocycles. The van der Waals surface area contributed by atoms with Crippen LogP contribution in [0, 0.1) is 11.8 Å². The summed E-state index contributed by atoms with van der Waals surface area (Å²) in [6.45, 7) is 7.04. The summed E-state index contributed by atoms with van der Waals surface area (Å²) in [5.74, 6) is 0.926. The van der Waals surface area contributed by atoms with Crippen molar-refractivity contribution < 1.29 is 9.90 Å². The van der Waals surface area contributed by atoms with E-state index in [2.05, 4.69) is 19.2 Å². The Labute approximate surface area is 96.5 Å². The Morgan fingerprint density at radius 2 is 1.69 bits per heavy atom. The zero-order valence-electron chi connectivity index (χ0n) is 9.81. The number of aromatic carboxylic acids is 1. The van der Waals surface area contributed by atoms with E-state index < -0.39 is 5.97 Å². The lowest BCUT2D eigenvalue weighted by atomic mass is 10.0. The van der Waals surface area contributed by atoms with Crippen LogP contribution in [0.5, 0.6) is 0 Å². The third-order valence-electron chi connectivity index (χ3n) is 2.92. The average Bonchev–Trinajstić information content (AvgIpc) is 2.65. The normalized spacial score (nSPS) is 23.4. The number of hydrogen-bond donors (Lipinski definition) is 2. The summed E-state index contributed by atoms with van der Waals surface area (Å²) in [6, 6.07) is 8.30. The lowest BCUT2D eigenvalue weighted by molar-refractivity contribution is 0.0697. The highest BCUT2D eigenvalue weighted by molar-refractivity contribution is 5.87. The third kappa shape index (κ3) is 4.03. The van der Waals surface area contributed by atoms with Gasteiger partial charge in [0.1, 0.15) is 0 Å². The van der Waals surface area contributed by atoms with Gasteiger partial charge in [-0.25, -0.2) is 4.79 Å². The minimum atomic E-state index is -0.879. The van der Waals surface area contributed by atoms with E-state index in [0.29, 0.717) is 5.56 Å². The van der Waals surface area contributed by atoms with Crippen molar-refractivity contribution in [1.29, 1.82) is 0 Å². The molecular formula is C13H19NO2. The van der Waals surface area contributed by atoms with Gasteiger partial charge in [-0.05, 0) is 37.1 Å². The largest absolute Gasteiger partial charge is 0.478 e. The number of carboxylic acids is 1. The first-order chi connectivity index (χ1) is 7.61. The Morgan fingerprint density at radius 3 is 1.94 bits per heavy atom. The van der Waals surface area contributed by atoms with Gasteiger partial charge in [0, 0.05) is 0 Å². The van der Waals surface area contributed by atoms with Crippen molar-refractivity contribution in [3.8, 4) is 0 Å². The molecule has 0 amide bonds. The van der Waals surface area contributed by atoms with Crippen molar-refractivity contribution >= 4 is 5.97 Å². The number of benzene rings is 1. The van der Waals surface area contributed by atoms with Crippen molar-refractivity contribution in [2.24, 2.45) is 11.8 Å². The first-order valence-corrected chi connectivity index (χ1v) is 5.60. The topological polar surface area (TPSA) is 49.3 Å². The van der Waals surface area contributed by atoms with E-state index >= 15 is 0 Å². The van der Waals surface area contributed by atoms with Gasteiger partial charge >= 0.3 is 5.97 Å². The van der Waals surface area contributed by atoms with Crippen LogP contribution in [0.3, 0.4) is 0 Å². The molecule has 1 aliphatic heterocycles. The molecule has 0 saturated carbocycles. The van der Waals surface area contributed by atoms with E-state index in [1.807, 2.05) is 0 Å². The van der Waals surface area contributed by atoms with Gasteiger partial charge in [-0.3, -0.25) is 0 Å². The molecule has 88 valence electrons. The zero-order chi connectivity index (χ0) is 12.0. The average molecular weight is 221 g/mol. The Hall–Kier alpha value is -1.35. The Bertz CT molecular complexity index is 316. The van der Waals surface area contributed by atoms with Gasteiger partial charge in [0.05, 0.1) is 5.56 Å². The van der Waals surface area contributed by atoms with Crippen molar-refractivity contribution in [3.05, 3.63) is 35.9 Å². The van der Waals surface area contributed by atoms with Crippen molar-refractivity contribution in [2.75, 3.05) is 13.1 Å². The highest BCUT2D eigenvalue weighted by Crippen LogP contribution is 2.13. The number of carboxylic acid groups (broad SMARTS) is 1. The van der Waals surface area contributed by atoms with Gasteiger partial charge in [-0.15, -0.1) is 0 Å². The van der Waals surface area contributed by atoms with Gasteiger partial charge in [0.15, 0.2) is 0 Å². The summed E-state index contributed by atoms with van der Waals surface area (Å²) in [5.41, 5.74) is 0.331. The molecule has 2 atom stereocenters. The monoisotopic (exact) mass is 221 g/mol. The van der Waals surface area contributed by atoms with Crippen LogP contribution < -0.4 is 5.32 Å². The molecule has 16 heavy (non-hydrogen) atoms. The van der Waals surface area contributed by atoms with Crippen LogP contribution in [0.4, 0.5) is 0 Å². The zero-order valence-corrected chi connectivity index (χ0v) is 9.81. The summed E-state index contributed by atoms with van der Waals surface area (Å²) >= 11 is 0. The second-order valence-electron chi connectivity index (χ2n) is 4.28. The molecule has 1 fully saturated rings. The molecule has 3 heteroatoms. The van der Waals surface area contributed by atoms with Crippen LogP contribution in [0.25, 0.3) is 0 Å². The van der Waals surface area contributed by atoms with Crippen molar-refractivity contribution in [1.82, 2.24) is 5.32 Å². The fraction of sp³-hybridized carbons (Fsp3) is 0.462. The molecule has 1 aliphatic rings. The second kappa shape index (κ2) is 6.28. The molecule has 0 radical (unpaired) electrons. The molecular weight excluding hydrogens is 202 g/mol. The fourth-order valence-corrected chi connectivity index (χ4v) is 1.52. The van der Waals surface area contributed by atoms with Crippen molar-refractivity contribution in [3.63, 3.8) is 0 Å². The van der Waals surface area contributed by atoms with Gasteiger partial charge < -0.3 is 10.4 Å². The molecule has 1 saturated heterocycles. The molecule has 0 aromatic heterocycles.